The van der Waals surface area contributed by atoms with Crippen LogP contribution in [0.1, 0.15) is 35.7 Å². The van der Waals surface area contributed by atoms with Crippen LogP contribution in [0.2, 0.25) is 0 Å². The number of thioether (sulfide) groups is 1. The summed E-state index contributed by atoms with van der Waals surface area (Å²) in [6, 6.07) is 8.75. The van der Waals surface area contributed by atoms with E-state index in [0.717, 1.165) is 16.4 Å². The standard InChI is InChI=1S/C31H30N10O9S2/c1-31(2,29(47)49-13-15-4-6-17(48-3)7-5-15)50-37-20(24-35-30(33)52-38-24)25(43)34-21-26(44)41-22(28(45)46)16(14-51-27(21)41)12-39-10-11-40-19(39)9-8-18(36-40)23(32)42/h4-11,21,27H,12-14H2,1-3H3,(H5-,32,33,34,35,38,42,43,45,46)/b37-20-/t21-,27-/m1/s1. The number of nitrogen functional groups attached to an aromatic ring is 1. The molecule has 21 heteroatoms. The Morgan fingerprint density at radius 2 is 1.92 bits per heavy atom. The fourth-order valence-electron chi connectivity index (χ4n) is 5.22. The second-order valence-electron chi connectivity index (χ2n) is 11.8. The van der Waals surface area contributed by atoms with E-state index in [-0.39, 0.29) is 41.3 Å². The van der Waals surface area contributed by atoms with Gasteiger partial charge in [-0.25, -0.2) is 9.36 Å². The van der Waals surface area contributed by atoms with Crippen LogP contribution in [0.5, 0.6) is 5.75 Å². The molecule has 3 aromatic heterocycles. The first-order valence-electron chi connectivity index (χ1n) is 15.3. The monoisotopic (exact) mass is 750 g/mol. The fourth-order valence-corrected chi connectivity index (χ4v) is 6.99. The Hall–Kier alpha value is -6.09. The number of anilines is 1. The van der Waals surface area contributed by atoms with Crippen molar-refractivity contribution in [2.45, 2.75) is 44.0 Å². The van der Waals surface area contributed by atoms with E-state index >= 15 is 0 Å². The number of amides is 3. The lowest BCUT2D eigenvalue weighted by Gasteiger charge is -2.50. The zero-order valence-corrected chi connectivity index (χ0v) is 29.3. The molecule has 4 aromatic rings. The van der Waals surface area contributed by atoms with Gasteiger partial charge in [0.1, 0.15) is 36.5 Å². The van der Waals surface area contributed by atoms with Gasteiger partial charge in [0.05, 0.1) is 18.8 Å². The first kappa shape index (κ1) is 35.7. The predicted molar refractivity (Wildman–Crippen MR) is 180 cm³/mol. The molecule has 2 atom stereocenters. The van der Waals surface area contributed by atoms with Crippen LogP contribution in [0.15, 0.2) is 65.2 Å². The number of rotatable bonds is 13. The number of nitrogens with one attached hydrogen (secondary N) is 1. The molecule has 1 aromatic carbocycles. The lowest BCUT2D eigenvalue weighted by molar-refractivity contribution is -0.662. The van der Waals surface area contributed by atoms with Gasteiger partial charge in [0.15, 0.2) is 17.0 Å². The molecule has 5 N–H and O–H groups in total. The van der Waals surface area contributed by atoms with Crippen molar-refractivity contribution in [3.63, 3.8) is 0 Å². The fraction of sp³-hybridized carbons (Fsp3) is 0.290. The number of methoxy groups -OCH3 is 1. The molecular formula is C31H30N10O9S2. The predicted octanol–water partition coefficient (Wildman–Crippen LogP) is -1.49. The highest BCUT2D eigenvalue weighted by atomic mass is 32.2. The van der Waals surface area contributed by atoms with E-state index in [0.29, 0.717) is 22.5 Å². The summed E-state index contributed by atoms with van der Waals surface area (Å²) >= 11 is 2.00. The molecule has 0 unspecified atom stereocenters. The van der Waals surface area contributed by atoms with E-state index < -0.39 is 52.4 Å². The first-order chi connectivity index (χ1) is 24.8. The number of esters is 1. The van der Waals surface area contributed by atoms with Gasteiger partial charge in [-0.1, -0.05) is 22.4 Å². The second-order valence-corrected chi connectivity index (χ2v) is 13.7. The van der Waals surface area contributed by atoms with Crippen molar-refractivity contribution in [2.75, 3.05) is 18.6 Å². The van der Waals surface area contributed by atoms with Crippen LogP contribution in [0.25, 0.3) is 5.65 Å². The number of nitrogens with two attached hydrogens (primary N) is 2. The number of carbonyl (C=O) groups is 5. The average Bonchev–Trinajstić information content (AvgIpc) is 3.74. The smallest absolute Gasteiger partial charge is 0.353 e. The summed E-state index contributed by atoms with van der Waals surface area (Å²) in [5.41, 5.74) is 10.2. The van der Waals surface area contributed by atoms with Crippen LogP contribution >= 0.6 is 23.3 Å². The number of nitrogens with zero attached hydrogens (tertiary/aromatic N) is 7. The molecule has 0 saturated carbocycles. The number of ether oxygens (including phenoxy) is 2. The minimum absolute atomic E-state index is 0.0108. The van der Waals surface area contributed by atoms with Crippen LogP contribution in [0.3, 0.4) is 0 Å². The number of fused-ring (bicyclic) bond motifs is 2. The van der Waals surface area contributed by atoms with Gasteiger partial charge in [0, 0.05) is 28.9 Å². The molecule has 1 saturated heterocycles. The summed E-state index contributed by atoms with van der Waals surface area (Å²) in [4.78, 5) is 74.3. The van der Waals surface area contributed by atoms with Gasteiger partial charge in [0.2, 0.25) is 17.1 Å². The Morgan fingerprint density at radius 1 is 1.17 bits per heavy atom. The SMILES string of the molecule is COc1ccc(COC(=O)C(C)(C)O/N=C(\C(=O)N[C@@H]2C(=O)N3C(C(=O)[O-])=C(C[n+]4ccn5nc(C(N)=O)ccc54)CS[C@H]23)c2nsc(N)n2)cc1. The van der Waals surface area contributed by atoms with Crippen molar-refractivity contribution in [2.24, 2.45) is 10.9 Å². The highest BCUT2D eigenvalue weighted by Crippen LogP contribution is 2.40. The molecule has 2 aliphatic rings. The average molecular weight is 751 g/mol. The number of oxime groups is 1. The number of carboxylic acids is 1. The highest BCUT2D eigenvalue weighted by Gasteiger charge is 2.53. The van der Waals surface area contributed by atoms with E-state index in [1.165, 1.54) is 43.3 Å². The lowest BCUT2D eigenvalue weighted by Crippen LogP contribution is -2.71. The number of aromatic nitrogens is 5. The van der Waals surface area contributed by atoms with Crippen LogP contribution in [0.4, 0.5) is 5.13 Å². The molecule has 2 aliphatic heterocycles. The maximum Gasteiger partial charge on any atom is 0.353 e. The summed E-state index contributed by atoms with van der Waals surface area (Å²) in [5.74, 6) is -4.16. The summed E-state index contributed by atoms with van der Waals surface area (Å²) in [6.45, 7) is 2.75. The number of carboxylic acid groups (broad SMARTS) is 1. The Balaban J connectivity index is 1.16. The van der Waals surface area contributed by atoms with E-state index in [1.54, 1.807) is 47.3 Å². The summed E-state index contributed by atoms with van der Waals surface area (Å²) < 4.78 is 17.6. The van der Waals surface area contributed by atoms with Crippen molar-refractivity contribution in [1.82, 2.24) is 29.2 Å². The molecular weight excluding hydrogens is 721 g/mol. The lowest BCUT2D eigenvalue weighted by atomic mass is 10.0. The molecule has 5 heterocycles. The van der Waals surface area contributed by atoms with Gasteiger partial charge in [0.25, 0.3) is 17.7 Å². The normalized spacial score (nSPS) is 17.3. The molecule has 3 amide bonds. The number of β-lactam (4-membered cyclic amide) rings is 1. The van der Waals surface area contributed by atoms with Crippen molar-refractivity contribution < 1.29 is 48.0 Å². The van der Waals surface area contributed by atoms with Gasteiger partial charge < -0.3 is 41.0 Å². The number of hydrogen-bond donors (Lipinski definition) is 3. The van der Waals surface area contributed by atoms with Crippen LogP contribution in [-0.2, 0) is 41.9 Å². The van der Waals surface area contributed by atoms with Gasteiger partial charge in [-0.3, -0.25) is 19.3 Å². The molecule has 6 rings (SSSR count). The molecule has 19 nitrogen and oxygen atoms in total. The Morgan fingerprint density at radius 3 is 2.58 bits per heavy atom. The van der Waals surface area contributed by atoms with E-state index in [9.17, 15) is 29.1 Å². The number of primary amides is 1. The summed E-state index contributed by atoms with van der Waals surface area (Å²) in [6.07, 6.45) is 3.20. The highest BCUT2D eigenvalue weighted by molar-refractivity contribution is 8.00. The molecule has 1 fully saturated rings. The Bertz CT molecular complexity index is 2160. The third-order valence-corrected chi connectivity index (χ3v) is 9.80. The third-order valence-electron chi connectivity index (χ3n) is 7.92. The van der Waals surface area contributed by atoms with Crippen LogP contribution in [-0.4, -0.2) is 89.1 Å². The topological polar surface area (TPSA) is 263 Å². The van der Waals surface area contributed by atoms with E-state index in [1.807, 2.05) is 0 Å². The Kier molecular flexibility index (Phi) is 9.80. The molecule has 0 radical (unpaired) electrons. The largest absolute Gasteiger partial charge is 0.543 e. The number of hydrogen-bond acceptors (Lipinski definition) is 16. The number of aliphatic carboxylic acids is 1. The van der Waals surface area contributed by atoms with E-state index in [4.69, 9.17) is 25.8 Å². The van der Waals surface area contributed by atoms with Crippen molar-refractivity contribution >= 4 is 69.4 Å². The zero-order valence-electron chi connectivity index (χ0n) is 27.7. The van der Waals surface area contributed by atoms with Crippen LogP contribution in [0, 0.1) is 0 Å². The maximum atomic E-state index is 13.6. The molecule has 270 valence electrons. The molecule has 0 bridgehead atoms. The van der Waals surface area contributed by atoms with Crippen molar-refractivity contribution in [3.8, 4) is 5.75 Å². The van der Waals surface area contributed by atoms with Crippen LogP contribution < -0.4 is 31.2 Å². The van der Waals surface area contributed by atoms with Crippen molar-refractivity contribution in [3.05, 3.63) is 77.1 Å². The van der Waals surface area contributed by atoms with Gasteiger partial charge in [-0.05, 0) is 37.6 Å². The second kappa shape index (κ2) is 14.3. The summed E-state index contributed by atoms with van der Waals surface area (Å²) in [5, 5.41) is 22.2. The quantitative estimate of drug-likeness (QED) is 0.0462. The number of imidazole rings is 1. The van der Waals surface area contributed by atoms with E-state index in [2.05, 4.69) is 24.9 Å². The molecule has 0 spiro atoms. The zero-order chi connectivity index (χ0) is 37.3. The summed E-state index contributed by atoms with van der Waals surface area (Å²) in [7, 11) is 1.53. The van der Waals surface area contributed by atoms with Gasteiger partial charge >= 0.3 is 11.6 Å². The van der Waals surface area contributed by atoms with Gasteiger partial charge in [-0.2, -0.15) is 9.36 Å². The minimum atomic E-state index is -1.68. The number of benzene rings is 1. The van der Waals surface area contributed by atoms with Crippen molar-refractivity contribution in [1.29, 1.82) is 0 Å². The molecule has 0 aliphatic carbocycles. The Labute approximate surface area is 302 Å². The maximum absolute atomic E-state index is 13.6. The van der Waals surface area contributed by atoms with Gasteiger partial charge in [-0.15, -0.1) is 16.3 Å². The first-order valence-corrected chi connectivity index (χ1v) is 17.1. The number of carbonyl (C=O) groups excluding carboxylic acids is 5. The third kappa shape index (κ3) is 7.07. The minimum Gasteiger partial charge on any atom is -0.543 e. The molecule has 52 heavy (non-hydrogen) atoms.